The van der Waals surface area contributed by atoms with E-state index in [0.717, 1.165) is 24.2 Å². The largest absolute Gasteiger partial charge is 0.497 e. The summed E-state index contributed by atoms with van der Waals surface area (Å²) in [7, 11) is 1.62. The molecule has 0 aliphatic carbocycles. The van der Waals surface area contributed by atoms with Crippen molar-refractivity contribution in [1.82, 2.24) is 5.32 Å². The Hall–Kier alpha value is -1.22. The molecule has 0 heterocycles. The SMILES string of the molecule is COc1cccc(CC(=O)NCCCC(C)Cl)c1. The van der Waals surface area contributed by atoms with Gasteiger partial charge in [-0.1, -0.05) is 12.1 Å². The number of halogens is 1. The molecule has 0 spiro atoms. The van der Waals surface area contributed by atoms with Gasteiger partial charge in [0.25, 0.3) is 0 Å². The summed E-state index contributed by atoms with van der Waals surface area (Å²) in [6.07, 6.45) is 2.21. The van der Waals surface area contributed by atoms with Crippen LogP contribution in [-0.2, 0) is 11.2 Å². The predicted octanol–water partition coefficient (Wildman–Crippen LogP) is 2.76. The van der Waals surface area contributed by atoms with E-state index in [0.29, 0.717) is 13.0 Å². The maximum Gasteiger partial charge on any atom is 0.224 e. The molecule has 1 aromatic carbocycles. The molecule has 1 unspecified atom stereocenters. The number of methoxy groups -OCH3 is 1. The molecule has 0 radical (unpaired) electrons. The maximum atomic E-state index is 11.7. The number of ether oxygens (including phenoxy) is 1. The Labute approximate surface area is 113 Å². The molecule has 3 nitrogen and oxygen atoms in total. The highest BCUT2D eigenvalue weighted by Gasteiger charge is 2.04. The van der Waals surface area contributed by atoms with E-state index >= 15 is 0 Å². The number of hydrogen-bond donors (Lipinski definition) is 1. The number of benzene rings is 1. The van der Waals surface area contributed by atoms with Gasteiger partial charge in [-0.2, -0.15) is 0 Å². The van der Waals surface area contributed by atoms with Crippen LogP contribution in [0.25, 0.3) is 0 Å². The van der Waals surface area contributed by atoms with Crippen LogP contribution in [0.15, 0.2) is 24.3 Å². The van der Waals surface area contributed by atoms with Gasteiger partial charge < -0.3 is 10.1 Å². The minimum Gasteiger partial charge on any atom is -0.497 e. The van der Waals surface area contributed by atoms with E-state index in [1.54, 1.807) is 7.11 Å². The second-order valence-electron chi connectivity index (χ2n) is 4.30. The highest BCUT2D eigenvalue weighted by Crippen LogP contribution is 2.12. The van der Waals surface area contributed by atoms with Gasteiger partial charge in [-0.05, 0) is 37.5 Å². The van der Waals surface area contributed by atoms with Crippen molar-refractivity contribution < 1.29 is 9.53 Å². The van der Waals surface area contributed by atoms with E-state index in [2.05, 4.69) is 5.32 Å². The van der Waals surface area contributed by atoms with E-state index in [1.165, 1.54) is 0 Å². The Morgan fingerprint density at radius 3 is 2.94 bits per heavy atom. The number of hydrogen-bond acceptors (Lipinski definition) is 2. The quantitative estimate of drug-likeness (QED) is 0.611. The average Bonchev–Trinajstić information content (AvgIpc) is 2.34. The first-order valence-electron chi connectivity index (χ1n) is 6.15. The van der Waals surface area contributed by atoms with Gasteiger partial charge in [0.15, 0.2) is 0 Å². The number of rotatable bonds is 7. The van der Waals surface area contributed by atoms with Crippen LogP contribution in [0.2, 0.25) is 0 Å². The molecule has 0 fully saturated rings. The van der Waals surface area contributed by atoms with Crippen molar-refractivity contribution in [3.8, 4) is 5.75 Å². The molecule has 1 amide bonds. The van der Waals surface area contributed by atoms with Gasteiger partial charge in [0, 0.05) is 11.9 Å². The minimum atomic E-state index is 0.0329. The van der Waals surface area contributed by atoms with Crippen molar-refractivity contribution in [2.45, 2.75) is 31.6 Å². The van der Waals surface area contributed by atoms with Crippen molar-refractivity contribution in [2.24, 2.45) is 0 Å². The Balaban J connectivity index is 2.30. The van der Waals surface area contributed by atoms with Crippen molar-refractivity contribution in [2.75, 3.05) is 13.7 Å². The zero-order valence-corrected chi connectivity index (χ0v) is 11.7. The lowest BCUT2D eigenvalue weighted by Crippen LogP contribution is -2.26. The second-order valence-corrected chi connectivity index (χ2v) is 5.05. The lowest BCUT2D eigenvalue weighted by molar-refractivity contribution is -0.120. The van der Waals surface area contributed by atoms with Gasteiger partial charge in [0.05, 0.1) is 13.5 Å². The fourth-order valence-electron chi connectivity index (χ4n) is 1.64. The summed E-state index contributed by atoms with van der Waals surface area (Å²) in [5.74, 6) is 0.807. The summed E-state index contributed by atoms with van der Waals surface area (Å²) in [6.45, 7) is 2.64. The summed E-state index contributed by atoms with van der Waals surface area (Å²) in [5, 5.41) is 3.05. The maximum absolute atomic E-state index is 11.7. The summed E-state index contributed by atoms with van der Waals surface area (Å²) in [4.78, 5) is 11.7. The van der Waals surface area contributed by atoms with Crippen molar-refractivity contribution in [3.05, 3.63) is 29.8 Å². The van der Waals surface area contributed by atoms with E-state index in [-0.39, 0.29) is 11.3 Å². The first-order valence-corrected chi connectivity index (χ1v) is 6.59. The second kappa shape index (κ2) is 7.98. The standard InChI is InChI=1S/C14H20ClNO2/c1-11(15)5-4-8-16-14(17)10-12-6-3-7-13(9-12)18-2/h3,6-7,9,11H,4-5,8,10H2,1-2H3,(H,16,17). The van der Waals surface area contributed by atoms with Crippen LogP contribution < -0.4 is 10.1 Å². The van der Waals surface area contributed by atoms with Crippen molar-refractivity contribution in [1.29, 1.82) is 0 Å². The molecule has 0 aromatic heterocycles. The molecule has 0 aliphatic rings. The monoisotopic (exact) mass is 269 g/mol. The summed E-state index contributed by atoms with van der Waals surface area (Å²) in [5.41, 5.74) is 0.956. The minimum absolute atomic E-state index is 0.0329. The number of amides is 1. The predicted molar refractivity (Wildman–Crippen MR) is 74.3 cm³/mol. The Morgan fingerprint density at radius 2 is 2.28 bits per heavy atom. The van der Waals surface area contributed by atoms with Gasteiger partial charge in [0.2, 0.25) is 5.91 Å². The van der Waals surface area contributed by atoms with Gasteiger partial charge in [-0.15, -0.1) is 11.6 Å². The summed E-state index contributed by atoms with van der Waals surface area (Å²) >= 11 is 5.83. The molecular formula is C14H20ClNO2. The smallest absolute Gasteiger partial charge is 0.224 e. The van der Waals surface area contributed by atoms with Crippen LogP contribution in [0.3, 0.4) is 0 Å². The van der Waals surface area contributed by atoms with E-state index in [1.807, 2.05) is 31.2 Å². The fourth-order valence-corrected chi connectivity index (χ4v) is 1.80. The van der Waals surface area contributed by atoms with Crippen molar-refractivity contribution >= 4 is 17.5 Å². The number of nitrogens with one attached hydrogen (secondary N) is 1. The fraction of sp³-hybridized carbons (Fsp3) is 0.500. The lowest BCUT2D eigenvalue weighted by Gasteiger charge is -2.07. The normalized spacial score (nSPS) is 11.9. The van der Waals surface area contributed by atoms with E-state index < -0.39 is 0 Å². The van der Waals surface area contributed by atoms with Gasteiger partial charge in [0.1, 0.15) is 5.75 Å². The van der Waals surface area contributed by atoms with Crippen LogP contribution in [0.5, 0.6) is 5.75 Å². The Bertz CT molecular complexity index is 380. The first-order chi connectivity index (χ1) is 8.61. The molecule has 0 aliphatic heterocycles. The molecule has 1 N–H and O–H groups in total. The third-order valence-electron chi connectivity index (χ3n) is 2.60. The highest BCUT2D eigenvalue weighted by molar-refractivity contribution is 6.20. The van der Waals surface area contributed by atoms with Gasteiger partial charge in [-0.25, -0.2) is 0 Å². The van der Waals surface area contributed by atoms with Crippen LogP contribution in [0.4, 0.5) is 0 Å². The van der Waals surface area contributed by atoms with Gasteiger partial charge in [-0.3, -0.25) is 4.79 Å². The van der Waals surface area contributed by atoms with Crippen LogP contribution >= 0.6 is 11.6 Å². The third kappa shape index (κ3) is 5.92. The molecule has 0 saturated carbocycles. The molecule has 4 heteroatoms. The van der Waals surface area contributed by atoms with Crippen LogP contribution in [0, 0.1) is 0 Å². The molecule has 1 atom stereocenters. The topological polar surface area (TPSA) is 38.3 Å². The molecule has 100 valence electrons. The average molecular weight is 270 g/mol. The lowest BCUT2D eigenvalue weighted by atomic mass is 10.1. The third-order valence-corrected chi connectivity index (χ3v) is 2.82. The van der Waals surface area contributed by atoms with Crippen LogP contribution in [0.1, 0.15) is 25.3 Å². The van der Waals surface area contributed by atoms with Crippen LogP contribution in [-0.4, -0.2) is 24.9 Å². The molecular weight excluding hydrogens is 250 g/mol. The summed E-state index contributed by atoms with van der Waals surface area (Å²) < 4.78 is 5.11. The Kier molecular flexibility index (Phi) is 6.58. The number of alkyl halides is 1. The Morgan fingerprint density at radius 1 is 1.50 bits per heavy atom. The van der Waals surface area contributed by atoms with E-state index in [9.17, 15) is 4.79 Å². The van der Waals surface area contributed by atoms with Crippen molar-refractivity contribution in [3.63, 3.8) is 0 Å². The molecule has 0 saturated heterocycles. The van der Waals surface area contributed by atoms with Gasteiger partial charge >= 0.3 is 0 Å². The zero-order chi connectivity index (χ0) is 13.4. The molecule has 1 rings (SSSR count). The zero-order valence-electron chi connectivity index (χ0n) is 10.9. The van der Waals surface area contributed by atoms with E-state index in [4.69, 9.17) is 16.3 Å². The number of carbonyl (C=O) groups excluding carboxylic acids is 1. The molecule has 18 heavy (non-hydrogen) atoms. The number of carbonyl (C=O) groups is 1. The molecule has 0 bridgehead atoms. The summed E-state index contributed by atoms with van der Waals surface area (Å²) in [6, 6.07) is 7.54. The highest BCUT2D eigenvalue weighted by atomic mass is 35.5. The molecule has 1 aromatic rings. The first kappa shape index (κ1) is 14.8.